The zero-order valence-corrected chi connectivity index (χ0v) is 7.46. The largest absolute Gasteiger partial charge is 0.382 e. The number of aromatic nitrogens is 2. The molecule has 0 atom stereocenters. The van der Waals surface area contributed by atoms with E-state index >= 15 is 0 Å². The molecule has 1 aromatic rings. The third-order valence-corrected chi connectivity index (χ3v) is 2.44. The van der Waals surface area contributed by atoms with E-state index in [0.717, 1.165) is 13.1 Å². The first-order valence-electron chi connectivity index (χ1n) is 4.24. The van der Waals surface area contributed by atoms with Gasteiger partial charge in [-0.15, -0.1) is 0 Å². The highest BCUT2D eigenvalue weighted by molar-refractivity contribution is 5.43. The Kier molecular flexibility index (Phi) is 1.58. The van der Waals surface area contributed by atoms with Gasteiger partial charge < -0.3 is 5.73 Å². The lowest BCUT2D eigenvalue weighted by Gasteiger charge is -2.19. The molecule has 0 spiro atoms. The fraction of sp³-hybridized carbons (Fsp3) is 0.625. The van der Waals surface area contributed by atoms with Crippen molar-refractivity contribution in [1.82, 2.24) is 15.1 Å². The minimum absolute atomic E-state index is 0.574. The van der Waals surface area contributed by atoms with E-state index in [1.165, 1.54) is 11.3 Å². The first-order valence-corrected chi connectivity index (χ1v) is 4.24. The van der Waals surface area contributed by atoms with Crippen molar-refractivity contribution in [3.8, 4) is 0 Å². The topological polar surface area (TPSA) is 57.9 Å². The Balaban J connectivity index is 2.22. The monoisotopic (exact) mass is 166 g/mol. The van der Waals surface area contributed by atoms with Crippen molar-refractivity contribution >= 4 is 5.82 Å². The number of H-pyrrole nitrogens is 1. The Morgan fingerprint density at radius 2 is 2.25 bits per heavy atom. The van der Waals surface area contributed by atoms with Crippen LogP contribution in [0.5, 0.6) is 0 Å². The highest BCUT2D eigenvalue weighted by atomic mass is 15.2. The maximum atomic E-state index is 5.69. The number of rotatable bonds is 1. The Morgan fingerprint density at radius 1 is 1.50 bits per heavy atom. The van der Waals surface area contributed by atoms with E-state index in [9.17, 15) is 0 Å². The molecule has 0 saturated heterocycles. The van der Waals surface area contributed by atoms with Crippen molar-refractivity contribution < 1.29 is 0 Å². The van der Waals surface area contributed by atoms with Crippen LogP contribution in [0.1, 0.15) is 25.1 Å². The summed E-state index contributed by atoms with van der Waals surface area (Å²) in [6, 6.07) is 0.574. The average molecular weight is 166 g/mol. The number of aromatic amines is 1. The number of hydrogen-bond acceptors (Lipinski definition) is 3. The van der Waals surface area contributed by atoms with Crippen molar-refractivity contribution in [1.29, 1.82) is 0 Å². The van der Waals surface area contributed by atoms with Crippen LogP contribution in [0.3, 0.4) is 0 Å². The van der Waals surface area contributed by atoms with Gasteiger partial charge in [-0.25, -0.2) is 0 Å². The molecule has 2 heterocycles. The molecule has 1 aromatic heterocycles. The van der Waals surface area contributed by atoms with E-state index in [1.54, 1.807) is 0 Å². The molecule has 1 aliphatic rings. The van der Waals surface area contributed by atoms with E-state index in [2.05, 4.69) is 28.9 Å². The maximum Gasteiger partial charge on any atom is 0.150 e. The molecule has 0 fully saturated rings. The van der Waals surface area contributed by atoms with Crippen molar-refractivity contribution in [3.63, 3.8) is 0 Å². The molecule has 66 valence electrons. The number of nitrogen functional groups attached to an aromatic ring is 1. The molecular formula is C8H14N4. The van der Waals surface area contributed by atoms with Crippen LogP contribution in [-0.2, 0) is 13.1 Å². The number of nitrogens with two attached hydrogens (primary N) is 1. The van der Waals surface area contributed by atoms with Gasteiger partial charge in [-0.3, -0.25) is 10.00 Å². The van der Waals surface area contributed by atoms with Gasteiger partial charge in [-0.1, -0.05) is 0 Å². The van der Waals surface area contributed by atoms with Gasteiger partial charge in [0.25, 0.3) is 0 Å². The summed E-state index contributed by atoms with van der Waals surface area (Å²) in [5.41, 5.74) is 8.05. The smallest absolute Gasteiger partial charge is 0.150 e. The summed E-state index contributed by atoms with van der Waals surface area (Å²) in [5, 5.41) is 6.91. The average Bonchev–Trinajstić information content (AvgIpc) is 2.53. The fourth-order valence-electron chi connectivity index (χ4n) is 1.55. The molecule has 0 radical (unpaired) electrons. The van der Waals surface area contributed by atoms with Gasteiger partial charge in [0, 0.05) is 24.7 Å². The normalized spacial score (nSPS) is 17.2. The predicted molar refractivity (Wildman–Crippen MR) is 47.4 cm³/mol. The predicted octanol–water partition coefficient (Wildman–Crippen LogP) is 0.716. The van der Waals surface area contributed by atoms with Crippen LogP contribution in [0.4, 0.5) is 5.82 Å². The minimum atomic E-state index is 0.574. The molecule has 0 aliphatic carbocycles. The summed E-state index contributed by atoms with van der Waals surface area (Å²) in [5.74, 6) is 0.660. The van der Waals surface area contributed by atoms with Gasteiger partial charge in [-0.05, 0) is 13.8 Å². The summed E-state index contributed by atoms with van der Waals surface area (Å²) < 4.78 is 0. The van der Waals surface area contributed by atoms with Gasteiger partial charge in [0.15, 0.2) is 0 Å². The summed E-state index contributed by atoms with van der Waals surface area (Å²) in [6.45, 7) is 6.28. The second-order valence-corrected chi connectivity index (χ2v) is 3.56. The third-order valence-electron chi connectivity index (χ3n) is 2.44. The Morgan fingerprint density at radius 3 is 2.83 bits per heavy atom. The Bertz CT molecular complexity index is 289. The second kappa shape index (κ2) is 2.48. The van der Waals surface area contributed by atoms with Gasteiger partial charge in [0.05, 0.1) is 5.69 Å². The zero-order chi connectivity index (χ0) is 8.72. The summed E-state index contributed by atoms with van der Waals surface area (Å²) in [7, 11) is 0. The van der Waals surface area contributed by atoms with Crippen LogP contribution >= 0.6 is 0 Å². The lowest BCUT2D eigenvalue weighted by Crippen LogP contribution is -2.25. The Hall–Kier alpha value is -1.03. The van der Waals surface area contributed by atoms with E-state index in [1.807, 2.05) is 0 Å². The molecule has 0 unspecified atom stereocenters. The van der Waals surface area contributed by atoms with Crippen LogP contribution in [0.15, 0.2) is 0 Å². The molecule has 2 rings (SSSR count). The SMILES string of the molecule is CC(C)N1Cc2[nH]nc(N)c2C1. The quantitative estimate of drug-likeness (QED) is 0.646. The lowest BCUT2D eigenvalue weighted by atomic mass is 10.3. The minimum Gasteiger partial charge on any atom is -0.382 e. The van der Waals surface area contributed by atoms with Crippen LogP contribution < -0.4 is 5.73 Å². The lowest BCUT2D eigenvalue weighted by molar-refractivity contribution is 0.225. The standard InChI is InChI=1S/C8H14N4/c1-5(2)12-3-6-7(4-12)10-11-8(6)9/h5H,3-4H2,1-2H3,(H3,9,10,11). The molecular weight excluding hydrogens is 152 g/mol. The van der Waals surface area contributed by atoms with Crippen molar-refractivity contribution in [2.75, 3.05) is 5.73 Å². The molecule has 0 bridgehead atoms. The van der Waals surface area contributed by atoms with Crippen LogP contribution in [-0.4, -0.2) is 21.1 Å². The number of anilines is 1. The molecule has 12 heavy (non-hydrogen) atoms. The van der Waals surface area contributed by atoms with E-state index in [4.69, 9.17) is 5.73 Å². The van der Waals surface area contributed by atoms with E-state index < -0.39 is 0 Å². The molecule has 0 amide bonds. The molecule has 3 N–H and O–H groups in total. The zero-order valence-electron chi connectivity index (χ0n) is 7.46. The highest BCUT2D eigenvalue weighted by Gasteiger charge is 2.24. The van der Waals surface area contributed by atoms with Gasteiger partial charge >= 0.3 is 0 Å². The first-order chi connectivity index (χ1) is 5.68. The third kappa shape index (κ3) is 0.992. The van der Waals surface area contributed by atoms with E-state index in [-0.39, 0.29) is 0 Å². The molecule has 4 nitrogen and oxygen atoms in total. The number of hydrogen-bond donors (Lipinski definition) is 2. The molecule has 4 heteroatoms. The summed E-state index contributed by atoms with van der Waals surface area (Å²) in [4.78, 5) is 2.36. The van der Waals surface area contributed by atoms with Gasteiger partial charge in [-0.2, -0.15) is 5.10 Å². The highest BCUT2D eigenvalue weighted by Crippen LogP contribution is 2.26. The fourth-order valence-corrected chi connectivity index (χ4v) is 1.55. The first kappa shape index (κ1) is 7.61. The van der Waals surface area contributed by atoms with Crippen LogP contribution in [0, 0.1) is 0 Å². The molecule has 0 saturated carbocycles. The van der Waals surface area contributed by atoms with Gasteiger partial charge in [0.2, 0.25) is 0 Å². The van der Waals surface area contributed by atoms with Crippen molar-refractivity contribution in [3.05, 3.63) is 11.3 Å². The van der Waals surface area contributed by atoms with Gasteiger partial charge in [0.1, 0.15) is 5.82 Å². The number of fused-ring (bicyclic) bond motifs is 1. The number of nitrogens with one attached hydrogen (secondary N) is 1. The van der Waals surface area contributed by atoms with E-state index in [0.29, 0.717) is 11.9 Å². The molecule has 1 aliphatic heterocycles. The molecule has 0 aromatic carbocycles. The summed E-state index contributed by atoms with van der Waals surface area (Å²) in [6.07, 6.45) is 0. The van der Waals surface area contributed by atoms with Crippen molar-refractivity contribution in [2.45, 2.75) is 33.0 Å². The Labute approximate surface area is 71.7 Å². The maximum absolute atomic E-state index is 5.69. The van der Waals surface area contributed by atoms with Crippen LogP contribution in [0.25, 0.3) is 0 Å². The number of nitrogens with zero attached hydrogens (tertiary/aromatic N) is 2. The summed E-state index contributed by atoms with van der Waals surface area (Å²) >= 11 is 0. The van der Waals surface area contributed by atoms with Crippen LogP contribution in [0.2, 0.25) is 0 Å². The second-order valence-electron chi connectivity index (χ2n) is 3.56. The van der Waals surface area contributed by atoms with Crippen molar-refractivity contribution in [2.24, 2.45) is 0 Å².